The molecule has 36 heavy (non-hydrogen) atoms. The molecule has 0 aromatic carbocycles. The number of allylic oxidation sites excluding steroid dienone is 1. The molecule has 2 aliphatic heterocycles. The Balaban J connectivity index is 2.00. The summed E-state index contributed by atoms with van der Waals surface area (Å²) in [5.41, 5.74) is 0. The molecule has 2 saturated heterocycles. The molecule has 11 heteroatoms. The van der Waals surface area contributed by atoms with E-state index in [0.29, 0.717) is 13.0 Å². The maximum Gasteiger partial charge on any atom is 0.410 e. The van der Waals surface area contributed by atoms with Crippen molar-refractivity contribution in [2.24, 2.45) is 5.92 Å². The monoisotopic (exact) mass is 562 g/mol. The van der Waals surface area contributed by atoms with Crippen LogP contribution in [0.25, 0.3) is 0 Å². The van der Waals surface area contributed by atoms with Crippen molar-refractivity contribution < 1.29 is 27.9 Å². The number of thioether (sulfide) groups is 2. The molecule has 0 aliphatic carbocycles. The molecule has 0 radical (unpaired) electrons. The zero-order chi connectivity index (χ0) is 27.1. The molecule has 2 rings (SSSR count). The van der Waals surface area contributed by atoms with Gasteiger partial charge in [0.15, 0.2) is 8.32 Å². The summed E-state index contributed by atoms with van der Waals surface area (Å²) in [5, 5.41) is 3.18. The molecule has 2 heterocycles. The van der Waals surface area contributed by atoms with Gasteiger partial charge in [0.2, 0.25) is 5.91 Å². The lowest BCUT2D eigenvalue weighted by Crippen LogP contribution is -2.62. The van der Waals surface area contributed by atoms with E-state index in [2.05, 4.69) is 45.8 Å². The molecule has 0 unspecified atom stereocenters. The van der Waals surface area contributed by atoms with Crippen LogP contribution in [0, 0.1) is 5.92 Å². The summed E-state index contributed by atoms with van der Waals surface area (Å²) in [6, 6.07) is -0.177. The Labute approximate surface area is 225 Å². The molecule has 206 valence electrons. The van der Waals surface area contributed by atoms with Gasteiger partial charge in [0.25, 0.3) is 0 Å². The van der Waals surface area contributed by atoms with Gasteiger partial charge in [0.1, 0.15) is 13.3 Å². The summed E-state index contributed by atoms with van der Waals surface area (Å²) in [4.78, 5) is 26.7. The van der Waals surface area contributed by atoms with Crippen molar-refractivity contribution in [1.82, 2.24) is 10.2 Å². The van der Waals surface area contributed by atoms with Gasteiger partial charge in [-0.2, -0.15) is 0 Å². The van der Waals surface area contributed by atoms with Gasteiger partial charge in [0, 0.05) is 16.0 Å². The summed E-state index contributed by atoms with van der Waals surface area (Å²) in [5.74, 6) is -0.184. The Morgan fingerprint density at radius 3 is 2.61 bits per heavy atom. The number of halogens is 1. The fourth-order valence-corrected chi connectivity index (χ4v) is 8.37. The van der Waals surface area contributed by atoms with E-state index in [0.717, 1.165) is 4.24 Å². The van der Waals surface area contributed by atoms with E-state index in [1.165, 1.54) is 6.08 Å². The normalized spacial score (nSPS) is 25.8. The number of hydrogen-bond acceptors (Lipinski definition) is 7. The molecule has 0 saturated carbocycles. The first-order chi connectivity index (χ1) is 16.8. The highest BCUT2D eigenvalue weighted by atomic mass is 32.2. The van der Waals surface area contributed by atoms with Crippen LogP contribution in [0.5, 0.6) is 0 Å². The number of alkyl halides is 1. The zero-order valence-electron chi connectivity index (χ0n) is 22.7. The predicted molar refractivity (Wildman–Crippen MR) is 149 cm³/mol. The highest BCUT2D eigenvalue weighted by molar-refractivity contribution is 8.22. The minimum atomic E-state index is -2.00. The van der Waals surface area contributed by atoms with Gasteiger partial charge >= 0.3 is 6.09 Å². The number of rotatable bonds is 13. The molecule has 2 fully saturated rings. The molecular weight excluding hydrogens is 520 g/mol. The van der Waals surface area contributed by atoms with Crippen molar-refractivity contribution >= 4 is 43.8 Å². The third kappa shape index (κ3) is 8.24. The van der Waals surface area contributed by atoms with Crippen LogP contribution in [0.1, 0.15) is 41.0 Å². The van der Waals surface area contributed by atoms with E-state index in [1.807, 2.05) is 19.9 Å². The van der Waals surface area contributed by atoms with Crippen LogP contribution in [-0.2, 0) is 18.7 Å². The van der Waals surface area contributed by atoms with Gasteiger partial charge in [-0.25, -0.2) is 9.18 Å². The van der Waals surface area contributed by atoms with Gasteiger partial charge in [0.05, 0.1) is 36.7 Å². The summed E-state index contributed by atoms with van der Waals surface area (Å²) >= 11 is 3.33. The lowest BCUT2D eigenvalue weighted by Gasteiger charge is -2.45. The molecule has 2 amide bonds. The summed E-state index contributed by atoms with van der Waals surface area (Å²) in [6.45, 7) is 18.9. The first-order valence-electron chi connectivity index (χ1n) is 12.5. The van der Waals surface area contributed by atoms with Crippen molar-refractivity contribution in [3.63, 3.8) is 0 Å². The Morgan fingerprint density at radius 2 is 2.06 bits per heavy atom. The van der Waals surface area contributed by atoms with E-state index in [4.69, 9.17) is 13.9 Å². The lowest BCUT2D eigenvalue weighted by molar-refractivity contribution is -0.136. The third-order valence-electron chi connectivity index (χ3n) is 6.93. The second kappa shape index (κ2) is 13.7. The number of nitrogens with one attached hydrogen (secondary N) is 1. The zero-order valence-corrected chi connectivity index (χ0v) is 25.3. The Morgan fingerprint density at radius 1 is 1.36 bits per heavy atom. The smallest absolute Gasteiger partial charge is 0.410 e. The molecule has 1 N–H and O–H groups in total. The van der Waals surface area contributed by atoms with E-state index in [9.17, 15) is 14.0 Å². The van der Waals surface area contributed by atoms with Crippen LogP contribution in [0.3, 0.4) is 0 Å². The van der Waals surface area contributed by atoms with Crippen molar-refractivity contribution in [3.8, 4) is 0 Å². The van der Waals surface area contributed by atoms with E-state index in [1.54, 1.807) is 28.4 Å². The van der Waals surface area contributed by atoms with Gasteiger partial charge in [-0.05, 0) is 38.4 Å². The fraction of sp³-hybridized carbons (Fsp3) is 0.760. The van der Waals surface area contributed by atoms with Crippen LogP contribution < -0.4 is 5.32 Å². The second-order valence-electron chi connectivity index (χ2n) is 10.7. The maximum atomic E-state index is 12.6. The summed E-state index contributed by atoms with van der Waals surface area (Å²) < 4.78 is 30.8. The first-order valence-corrected chi connectivity index (χ1v) is 17.2. The third-order valence-corrected chi connectivity index (χ3v) is 14.4. The van der Waals surface area contributed by atoms with Crippen molar-refractivity contribution in [1.29, 1.82) is 0 Å². The molecule has 7 nitrogen and oxygen atoms in total. The van der Waals surface area contributed by atoms with Crippen LogP contribution in [0.15, 0.2) is 23.0 Å². The minimum Gasteiger partial charge on any atom is -0.445 e. The summed E-state index contributed by atoms with van der Waals surface area (Å²) in [7, 11) is -2.00. The highest BCUT2D eigenvalue weighted by Gasteiger charge is 2.48. The maximum absolute atomic E-state index is 12.6. The largest absolute Gasteiger partial charge is 0.445 e. The average molecular weight is 563 g/mol. The number of nitrogens with zero attached hydrogens (tertiary/aromatic N) is 1. The van der Waals surface area contributed by atoms with Gasteiger partial charge < -0.3 is 24.1 Å². The van der Waals surface area contributed by atoms with Crippen molar-refractivity contribution in [3.05, 3.63) is 23.0 Å². The molecule has 0 aromatic heterocycles. The van der Waals surface area contributed by atoms with E-state index in [-0.39, 0.29) is 59.5 Å². The minimum absolute atomic E-state index is 0.0116. The molecule has 5 atom stereocenters. The van der Waals surface area contributed by atoms with Crippen molar-refractivity contribution in [2.45, 2.75) is 81.9 Å². The molecule has 2 aliphatic rings. The number of likely N-dealkylation sites (tertiary alicyclic amines) is 1. The Kier molecular flexibility index (Phi) is 11.9. The molecular formula is C25H43FN2O5S2Si. The van der Waals surface area contributed by atoms with Gasteiger partial charge in [-0.15, -0.1) is 11.8 Å². The summed E-state index contributed by atoms with van der Waals surface area (Å²) in [6.07, 6.45) is 3.71. The van der Waals surface area contributed by atoms with Crippen LogP contribution in [0.2, 0.25) is 18.1 Å². The SMILES string of the molecule is C=CCOC(=O)N1C[C@@H](SC(=CC)S[C@H]2NC(=O)[C@@H]2[C@@H](C)O[Si](C)(C)C(C)(C)C)C[C@H]1COCCF. The standard InChI is InChI=1S/C25H43FN2O5S2Si/c1-9-12-32-24(30)28-15-19(14-18(28)16-31-13-11-26)34-20(10-2)35-23-21(22(29)27-23)17(3)33-36(7,8)25(4,5)6/h9-10,17-19,21,23H,1,11-16H2,2-8H3,(H,27,29)/t17-,18+,19+,21+,23-/m1/s1. The van der Waals surface area contributed by atoms with Gasteiger partial charge in [-0.1, -0.05) is 51.3 Å². The quantitative estimate of drug-likeness (QED) is 0.137. The lowest BCUT2D eigenvalue weighted by atomic mass is 9.96. The first kappa shape index (κ1) is 31.2. The van der Waals surface area contributed by atoms with Crippen LogP contribution >= 0.6 is 23.5 Å². The van der Waals surface area contributed by atoms with Crippen LogP contribution in [-0.4, -0.2) is 81.0 Å². The van der Waals surface area contributed by atoms with E-state index < -0.39 is 21.1 Å². The number of hydrogen-bond donors (Lipinski definition) is 1. The molecule has 0 aromatic rings. The molecule has 0 bridgehead atoms. The van der Waals surface area contributed by atoms with Gasteiger partial charge in [-0.3, -0.25) is 4.79 Å². The highest BCUT2D eigenvalue weighted by Crippen LogP contribution is 2.45. The number of ether oxygens (including phenoxy) is 2. The number of carbonyl (C=O) groups excluding carboxylic acids is 2. The number of amides is 2. The Bertz CT molecular complexity index is 808. The predicted octanol–water partition coefficient (Wildman–Crippen LogP) is 5.55. The Hall–Kier alpha value is -1.01. The number of β-lactam (4-membered cyclic amide) rings is 1. The number of carbonyl (C=O) groups is 2. The topological polar surface area (TPSA) is 77.1 Å². The van der Waals surface area contributed by atoms with Crippen molar-refractivity contribution in [2.75, 3.05) is 33.0 Å². The van der Waals surface area contributed by atoms with E-state index >= 15 is 0 Å². The molecule has 0 spiro atoms. The second-order valence-corrected chi connectivity index (χ2v) is 18.2. The average Bonchev–Trinajstić information content (AvgIpc) is 3.17. The fourth-order valence-electron chi connectivity index (χ4n) is 3.93. The van der Waals surface area contributed by atoms with Crippen LogP contribution in [0.4, 0.5) is 9.18 Å².